The molecule has 8 rings (SSSR count). The fraction of sp³-hybridized carbons (Fsp3) is 0.558. The van der Waals surface area contributed by atoms with Crippen molar-refractivity contribution in [2.75, 3.05) is 0 Å². The summed E-state index contributed by atoms with van der Waals surface area (Å²) in [6, 6.07) is 28.1. The van der Waals surface area contributed by atoms with Crippen molar-refractivity contribution in [3.8, 4) is 17.1 Å². The van der Waals surface area contributed by atoms with E-state index in [1.165, 1.54) is 103 Å². The van der Waals surface area contributed by atoms with E-state index >= 15 is 0 Å². The SMILES string of the molecule is OC1C2C(CCC[C@@H]1C1CCCCC1)CCC[C@@H](C1CCCCC1)C2O.[Ir].[c-]1c(-c2ccccn2)n(-c2ccccc2)c2ccccc12. The van der Waals surface area contributed by atoms with E-state index in [1.54, 1.807) is 0 Å². The predicted molar refractivity (Wildman–Crippen MR) is 192 cm³/mol. The molecule has 4 aliphatic carbocycles. The fourth-order valence-electron chi connectivity index (χ4n) is 10.2. The van der Waals surface area contributed by atoms with Gasteiger partial charge in [0.25, 0.3) is 0 Å². The van der Waals surface area contributed by atoms with E-state index in [4.69, 9.17) is 0 Å². The summed E-state index contributed by atoms with van der Waals surface area (Å²) < 4.78 is 2.21. The fourth-order valence-corrected chi connectivity index (χ4v) is 10.2. The van der Waals surface area contributed by atoms with Gasteiger partial charge in [-0.3, -0.25) is 0 Å². The zero-order valence-electron chi connectivity index (χ0n) is 28.6. The largest absolute Gasteiger partial charge is 0.392 e. The molecule has 4 aliphatic rings. The van der Waals surface area contributed by atoms with Gasteiger partial charge in [-0.15, -0.1) is 23.6 Å². The smallest absolute Gasteiger partial charge is 0.0626 e. The Morgan fingerprint density at radius 2 is 1.10 bits per heavy atom. The van der Waals surface area contributed by atoms with Crippen molar-refractivity contribution >= 4 is 10.9 Å². The van der Waals surface area contributed by atoms with Crippen LogP contribution < -0.4 is 0 Å². The molecule has 2 aromatic heterocycles. The molecule has 0 aliphatic heterocycles. The minimum absolute atomic E-state index is 0. The number of aliphatic hydroxyl groups is 2. The van der Waals surface area contributed by atoms with E-state index in [2.05, 4.69) is 45.9 Å². The van der Waals surface area contributed by atoms with Gasteiger partial charge in [0.05, 0.1) is 12.2 Å². The number of hydrogen-bond donors (Lipinski definition) is 2. The molecule has 4 aromatic rings. The van der Waals surface area contributed by atoms with Gasteiger partial charge >= 0.3 is 0 Å². The normalized spacial score (nSPS) is 28.6. The van der Waals surface area contributed by atoms with E-state index in [1.807, 2.05) is 48.7 Å². The van der Waals surface area contributed by atoms with Crippen LogP contribution in [-0.2, 0) is 20.1 Å². The molecular formula is C43H55IrN2O2-. The third-order valence-corrected chi connectivity index (χ3v) is 12.5. The maximum absolute atomic E-state index is 11.5. The molecule has 4 unspecified atom stereocenters. The number of pyridine rings is 1. The van der Waals surface area contributed by atoms with E-state index in [9.17, 15) is 10.2 Å². The van der Waals surface area contributed by atoms with Crippen LogP contribution in [0.25, 0.3) is 28.0 Å². The van der Waals surface area contributed by atoms with Crippen LogP contribution in [0, 0.1) is 41.6 Å². The number of hydrogen-bond acceptors (Lipinski definition) is 3. The molecule has 5 heteroatoms. The Morgan fingerprint density at radius 1 is 0.562 bits per heavy atom. The Morgan fingerprint density at radius 3 is 1.69 bits per heavy atom. The number of benzene rings is 2. The quantitative estimate of drug-likeness (QED) is 0.202. The van der Waals surface area contributed by atoms with Crippen LogP contribution in [0.5, 0.6) is 0 Å². The van der Waals surface area contributed by atoms with Gasteiger partial charge in [-0.05, 0) is 84.7 Å². The summed E-state index contributed by atoms with van der Waals surface area (Å²) in [5.41, 5.74) is 4.18. The number of rotatable bonds is 4. The molecule has 2 aromatic carbocycles. The summed E-state index contributed by atoms with van der Waals surface area (Å²) in [7, 11) is 0. The summed E-state index contributed by atoms with van der Waals surface area (Å²) >= 11 is 0. The third-order valence-electron chi connectivity index (χ3n) is 12.5. The summed E-state index contributed by atoms with van der Waals surface area (Å²) in [5, 5.41) is 24.2. The van der Waals surface area contributed by atoms with Crippen molar-refractivity contribution < 1.29 is 30.3 Å². The Labute approximate surface area is 302 Å². The Bertz CT molecular complexity index is 1490. The second kappa shape index (κ2) is 17.1. The number of nitrogens with zero attached hydrogens (tertiary/aromatic N) is 2. The molecule has 0 spiro atoms. The van der Waals surface area contributed by atoms with Crippen molar-refractivity contribution in [2.45, 2.75) is 115 Å². The van der Waals surface area contributed by atoms with E-state index < -0.39 is 0 Å². The molecule has 2 N–H and O–H groups in total. The monoisotopic (exact) mass is 824 g/mol. The molecule has 1 radical (unpaired) electrons. The summed E-state index contributed by atoms with van der Waals surface area (Å²) in [5.74, 6) is 3.11. The number of aromatic nitrogens is 2. The summed E-state index contributed by atoms with van der Waals surface area (Å²) in [6.07, 6.45) is 22.3. The van der Waals surface area contributed by atoms with Gasteiger partial charge in [0, 0.05) is 43.6 Å². The Balaban J connectivity index is 0.000000167. The van der Waals surface area contributed by atoms with Crippen LogP contribution in [0.2, 0.25) is 0 Å². The molecule has 0 bridgehead atoms. The third kappa shape index (κ3) is 7.86. The molecule has 48 heavy (non-hydrogen) atoms. The topological polar surface area (TPSA) is 58.3 Å². The van der Waals surface area contributed by atoms with Crippen LogP contribution in [0.3, 0.4) is 0 Å². The average molecular weight is 824 g/mol. The first-order chi connectivity index (χ1) is 23.2. The first kappa shape index (κ1) is 35.5. The van der Waals surface area contributed by atoms with Gasteiger partial charge < -0.3 is 19.8 Å². The second-order valence-corrected chi connectivity index (χ2v) is 15.2. The molecule has 4 saturated carbocycles. The number of fused-ring (bicyclic) bond motifs is 2. The zero-order valence-corrected chi connectivity index (χ0v) is 31.0. The van der Waals surface area contributed by atoms with Gasteiger partial charge in [-0.2, -0.15) is 0 Å². The minimum atomic E-state index is -0.246. The maximum atomic E-state index is 11.5. The maximum Gasteiger partial charge on any atom is 0.0626 e. The molecule has 2 heterocycles. The van der Waals surface area contributed by atoms with Gasteiger partial charge in [0.1, 0.15) is 0 Å². The van der Waals surface area contributed by atoms with Crippen LogP contribution in [0.15, 0.2) is 79.0 Å². The zero-order chi connectivity index (χ0) is 32.0. The summed E-state index contributed by atoms with van der Waals surface area (Å²) in [6.45, 7) is 0. The van der Waals surface area contributed by atoms with Gasteiger partial charge in [-0.25, -0.2) is 0 Å². The molecule has 6 atom stereocenters. The van der Waals surface area contributed by atoms with Crippen LogP contribution in [-0.4, -0.2) is 32.0 Å². The Hall–Kier alpha value is -2.30. The molecule has 259 valence electrons. The van der Waals surface area contributed by atoms with Crippen LogP contribution in [0.1, 0.15) is 103 Å². The van der Waals surface area contributed by atoms with Gasteiger partial charge in [-0.1, -0.05) is 120 Å². The number of para-hydroxylation sites is 2. The average Bonchev–Trinajstić information content (AvgIpc) is 3.34. The molecule has 0 amide bonds. The van der Waals surface area contributed by atoms with Crippen LogP contribution >= 0.6 is 0 Å². The second-order valence-electron chi connectivity index (χ2n) is 15.2. The van der Waals surface area contributed by atoms with Crippen molar-refractivity contribution in [3.05, 3.63) is 85.1 Å². The molecular weight excluding hydrogens is 769 g/mol. The molecule has 4 fully saturated rings. The predicted octanol–water partition coefficient (Wildman–Crippen LogP) is 10.2. The van der Waals surface area contributed by atoms with E-state index in [0.29, 0.717) is 17.8 Å². The first-order valence-electron chi connectivity index (χ1n) is 19.0. The van der Waals surface area contributed by atoms with Crippen molar-refractivity contribution in [1.29, 1.82) is 0 Å². The first-order valence-corrected chi connectivity index (χ1v) is 19.0. The van der Waals surface area contributed by atoms with E-state index in [-0.39, 0.29) is 38.2 Å². The van der Waals surface area contributed by atoms with Crippen LogP contribution in [0.4, 0.5) is 0 Å². The Kier molecular flexibility index (Phi) is 12.6. The molecule has 4 nitrogen and oxygen atoms in total. The van der Waals surface area contributed by atoms with Crippen molar-refractivity contribution in [2.24, 2.45) is 35.5 Å². The standard InChI is InChI=1S/C24H42O2.C19H13N2.Ir/c25-23-20(17-9-3-1-4-10-17)15-7-13-19-14-8-16-21(24(26)22(19)23)18-11-5-2-6-12-18;1-2-9-16(10-3-1)21-18-12-5-4-8-15(18)14-19(21)17-11-6-7-13-20-17;/h17-26H,1-16H2;1-13H;/q;-1;/t19?,20-,21+,22?,23?,24?;;. The number of aliphatic hydroxyl groups excluding tert-OH is 2. The summed E-state index contributed by atoms with van der Waals surface area (Å²) in [4.78, 5) is 4.48. The van der Waals surface area contributed by atoms with Gasteiger partial charge in [0.2, 0.25) is 0 Å². The molecule has 0 saturated heterocycles. The van der Waals surface area contributed by atoms with E-state index in [0.717, 1.165) is 39.8 Å². The van der Waals surface area contributed by atoms with Gasteiger partial charge in [0.15, 0.2) is 0 Å². The van der Waals surface area contributed by atoms with Crippen molar-refractivity contribution in [3.63, 3.8) is 0 Å². The minimum Gasteiger partial charge on any atom is -0.392 e. The van der Waals surface area contributed by atoms with Crippen molar-refractivity contribution in [1.82, 2.24) is 9.55 Å².